The maximum atomic E-state index is 12.6. The number of aryl methyl sites for hydroxylation is 1. The van der Waals surface area contributed by atoms with E-state index in [0.717, 1.165) is 11.6 Å². The highest BCUT2D eigenvalue weighted by atomic mass is 16.5. The summed E-state index contributed by atoms with van der Waals surface area (Å²) in [5.41, 5.74) is 2.07. The van der Waals surface area contributed by atoms with Crippen molar-refractivity contribution in [3.63, 3.8) is 0 Å². The van der Waals surface area contributed by atoms with Gasteiger partial charge in [-0.2, -0.15) is 5.01 Å². The number of allylic oxidation sites excluding steroid dienone is 3. The summed E-state index contributed by atoms with van der Waals surface area (Å²) in [5.74, 6) is -2.07. The molecule has 1 aliphatic heterocycles. The first-order chi connectivity index (χ1) is 13.4. The van der Waals surface area contributed by atoms with Gasteiger partial charge in [-0.1, -0.05) is 48.6 Å². The minimum atomic E-state index is -1.13. The van der Waals surface area contributed by atoms with Crippen LogP contribution < -0.4 is 10.7 Å². The van der Waals surface area contributed by atoms with Crippen LogP contribution in [0.15, 0.2) is 54.6 Å². The molecule has 1 aliphatic rings. The van der Waals surface area contributed by atoms with Gasteiger partial charge >= 0.3 is 12.0 Å². The van der Waals surface area contributed by atoms with Crippen molar-refractivity contribution in [2.45, 2.75) is 32.2 Å². The third-order valence-electron chi connectivity index (χ3n) is 4.14. The zero-order valence-corrected chi connectivity index (χ0v) is 15.8. The number of hydrazine groups is 1. The molecular formula is C20H23N3O5. The molecule has 8 heteroatoms. The molecule has 1 aromatic carbocycles. The van der Waals surface area contributed by atoms with Crippen molar-refractivity contribution in [2.24, 2.45) is 0 Å². The quantitative estimate of drug-likeness (QED) is 0.306. The van der Waals surface area contributed by atoms with Gasteiger partial charge < -0.3 is 10.1 Å². The summed E-state index contributed by atoms with van der Waals surface area (Å²) in [6.45, 7) is 2.78. The second-order valence-corrected chi connectivity index (χ2v) is 6.42. The first-order valence-corrected chi connectivity index (χ1v) is 8.82. The molecule has 8 nitrogen and oxygen atoms in total. The van der Waals surface area contributed by atoms with E-state index in [1.807, 2.05) is 30.3 Å². The lowest BCUT2D eigenvalue weighted by molar-refractivity contribution is -0.147. The van der Waals surface area contributed by atoms with Gasteiger partial charge in [-0.3, -0.25) is 15.0 Å². The van der Waals surface area contributed by atoms with Crippen LogP contribution in [0, 0.1) is 0 Å². The summed E-state index contributed by atoms with van der Waals surface area (Å²) >= 11 is 0. The van der Waals surface area contributed by atoms with Crippen LogP contribution in [0.25, 0.3) is 0 Å². The van der Waals surface area contributed by atoms with Gasteiger partial charge in [-0.15, -0.1) is 0 Å². The fourth-order valence-electron chi connectivity index (χ4n) is 2.58. The molecule has 0 saturated carbocycles. The van der Waals surface area contributed by atoms with Crippen molar-refractivity contribution in [2.75, 3.05) is 6.61 Å². The van der Waals surface area contributed by atoms with E-state index >= 15 is 0 Å². The number of hydrogen-bond acceptors (Lipinski definition) is 5. The predicted molar refractivity (Wildman–Crippen MR) is 102 cm³/mol. The minimum absolute atomic E-state index is 0.374. The van der Waals surface area contributed by atoms with Crippen LogP contribution in [0.3, 0.4) is 0 Å². The molecule has 0 aromatic heterocycles. The summed E-state index contributed by atoms with van der Waals surface area (Å²) < 4.78 is 4.75. The van der Waals surface area contributed by atoms with Crippen LogP contribution in [0.1, 0.15) is 25.8 Å². The van der Waals surface area contributed by atoms with Gasteiger partial charge in [0.2, 0.25) is 0 Å². The number of nitrogens with zero attached hydrogens (tertiary/aromatic N) is 1. The Kier molecular flexibility index (Phi) is 7.08. The summed E-state index contributed by atoms with van der Waals surface area (Å²) in [4.78, 5) is 48.1. The number of urea groups is 1. The monoisotopic (exact) mass is 385 g/mol. The number of imide groups is 1. The molecule has 0 radical (unpaired) electrons. The molecule has 0 unspecified atom stereocenters. The van der Waals surface area contributed by atoms with Gasteiger partial charge in [0.1, 0.15) is 5.54 Å². The molecule has 1 saturated heterocycles. The summed E-state index contributed by atoms with van der Waals surface area (Å²) in [5, 5.41) is 3.22. The van der Waals surface area contributed by atoms with E-state index in [-0.39, 0.29) is 0 Å². The summed E-state index contributed by atoms with van der Waals surface area (Å²) in [6.07, 6.45) is 6.94. The van der Waals surface area contributed by atoms with Gasteiger partial charge in [-0.25, -0.2) is 9.59 Å². The molecule has 0 aliphatic carbocycles. The van der Waals surface area contributed by atoms with E-state index < -0.39 is 36.0 Å². The second-order valence-electron chi connectivity index (χ2n) is 6.42. The molecule has 1 heterocycles. The molecule has 1 atom stereocenters. The van der Waals surface area contributed by atoms with Crippen LogP contribution in [0.5, 0.6) is 0 Å². The van der Waals surface area contributed by atoms with E-state index in [2.05, 4.69) is 10.7 Å². The average molecular weight is 385 g/mol. The van der Waals surface area contributed by atoms with Gasteiger partial charge in [0.25, 0.3) is 11.8 Å². The Hall–Kier alpha value is -3.42. The minimum Gasteiger partial charge on any atom is -0.452 e. The Morgan fingerprint density at radius 3 is 2.61 bits per heavy atom. The molecular weight excluding hydrogens is 362 g/mol. The van der Waals surface area contributed by atoms with Crippen molar-refractivity contribution in [1.29, 1.82) is 0 Å². The fourth-order valence-corrected chi connectivity index (χ4v) is 2.58. The van der Waals surface area contributed by atoms with Crippen LogP contribution in [-0.4, -0.2) is 41.0 Å². The van der Waals surface area contributed by atoms with E-state index in [0.29, 0.717) is 17.9 Å². The highest BCUT2D eigenvalue weighted by Gasteiger charge is 2.48. The fraction of sp³-hybridized carbons (Fsp3) is 0.300. The Balaban J connectivity index is 1.88. The molecule has 1 aromatic rings. The topological polar surface area (TPSA) is 105 Å². The average Bonchev–Trinajstić information content (AvgIpc) is 2.89. The number of nitrogens with one attached hydrogen (secondary N) is 2. The van der Waals surface area contributed by atoms with E-state index in [9.17, 15) is 19.2 Å². The molecule has 4 amide bonds. The first kappa shape index (κ1) is 20.9. The van der Waals surface area contributed by atoms with Crippen molar-refractivity contribution in [3.8, 4) is 0 Å². The lowest BCUT2D eigenvalue weighted by Crippen LogP contribution is -2.49. The molecule has 0 spiro atoms. The van der Waals surface area contributed by atoms with Crippen LogP contribution in [0.4, 0.5) is 4.79 Å². The zero-order valence-electron chi connectivity index (χ0n) is 15.8. The second kappa shape index (κ2) is 9.50. The first-order valence-electron chi connectivity index (χ1n) is 8.82. The molecule has 0 bridgehead atoms. The summed E-state index contributed by atoms with van der Waals surface area (Å²) in [6, 6.07) is 8.83. The Morgan fingerprint density at radius 2 is 1.93 bits per heavy atom. The van der Waals surface area contributed by atoms with Crippen LogP contribution in [-0.2, 0) is 25.5 Å². The Morgan fingerprint density at radius 1 is 1.21 bits per heavy atom. The largest absolute Gasteiger partial charge is 0.452 e. The zero-order chi connectivity index (χ0) is 20.6. The number of ether oxygens (including phenoxy) is 1. The van der Waals surface area contributed by atoms with E-state index in [1.165, 1.54) is 6.08 Å². The van der Waals surface area contributed by atoms with Gasteiger partial charge in [0.05, 0.1) is 0 Å². The van der Waals surface area contributed by atoms with Gasteiger partial charge in [0, 0.05) is 6.08 Å². The lowest BCUT2D eigenvalue weighted by atomic mass is 9.93. The van der Waals surface area contributed by atoms with Crippen LogP contribution >= 0.6 is 0 Å². The van der Waals surface area contributed by atoms with Crippen molar-refractivity contribution < 1.29 is 23.9 Å². The highest BCUT2D eigenvalue weighted by Crippen LogP contribution is 2.22. The van der Waals surface area contributed by atoms with Crippen molar-refractivity contribution >= 4 is 23.8 Å². The normalized spacial score (nSPS) is 19.3. The third-order valence-corrected chi connectivity index (χ3v) is 4.14. The van der Waals surface area contributed by atoms with Crippen LogP contribution in [0.2, 0.25) is 0 Å². The Labute approximate surface area is 163 Å². The number of benzene rings is 1. The van der Waals surface area contributed by atoms with Crippen molar-refractivity contribution in [3.05, 3.63) is 60.2 Å². The molecule has 148 valence electrons. The predicted octanol–water partition coefficient (Wildman–Crippen LogP) is 1.64. The maximum absolute atomic E-state index is 12.6. The molecule has 2 rings (SSSR count). The number of hydrogen-bond donors (Lipinski definition) is 2. The number of carbonyl (C=O) groups excluding carboxylic acids is 4. The number of esters is 1. The van der Waals surface area contributed by atoms with Gasteiger partial charge in [0.15, 0.2) is 6.61 Å². The van der Waals surface area contributed by atoms with Gasteiger partial charge in [-0.05, 0) is 32.3 Å². The number of carbonyl (C=O) groups is 4. The molecule has 1 fully saturated rings. The number of amides is 4. The lowest BCUT2D eigenvalue weighted by Gasteiger charge is -2.21. The third kappa shape index (κ3) is 5.54. The molecule has 2 N–H and O–H groups in total. The summed E-state index contributed by atoms with van der Waals surface area (Å²) in [7, 11) is 0. The standard InChI is InChI=1S/C20H23N3O5/c1-3-4-6-11-17(25)28-14-16(24)22-23-18(26)20(2,21-19(23)27)13-12-15-9-7-5-8-10-15/h3-11H,12-14H2,1-2H3,(H,21,27)(H,22,24)/b4-3+,11-6+/t20-/m0/s1. The Bertz CT molecular complexity index is 803. The highest BCUT2D eigenvalue weighted by molar-refractivity contribution is 6.07. The van der Waals surface area contributed by atoms with E-state index in [1.54, 1.807) is 26.0 Å². The molecule has 28 heavy (non-hydrogen) atoms. The van der Waals surface area contributed by atoms with Crippen molar-refractivity contribution in [1.82, 2.24) is 15.8 Å². The smallest absolute Gasteiger partial charge is 0.344 e. The van der Waals surface area contributed by atoms with E-state index in [4.69, 9.17) is 4.74 Å². The number of rotatable bonds is 8. The SMILES string of the molecule is C/C=C/C=C/C(=O)OCC(=O)NN1C(=O)N[C@@](C)(CCc2ccccc2)C1=O. The maximum Gasteiger partial charge on any atom is 0.344 e.